The van der Waals surface area contributed by atoms with Crippen LogP contribution < -0.4 is 21.8 Å². The Morgan fingerprint density at radius 1 is 1.20 bits per heavy atom. The zero-order chi connectivity index (χ0) is 29.4. The zero-order valence-electron chi connectivity index (χ0n) is 22.0. The molecule has 0 saturated carbocycles. The molecule has 12 nitrogen and oxygen atoms in total. The summed E-state index contributed by atoms with van der Waals surface area (Å²) in [7, 11) is 0. The molecule has 1 aliphatic heterocycles. The van der Waals surface area contributed by atoms with Gasteiger partial charge in [-0.2, -0.15) is 0 Å². The highest BCUT2D eigenvalue weighted by Crippen LogP contribution is 2.33. The summed E-state index contributed by atoms with van der Waals surface area (Å²) in [5.41, 5.74) is 0.0578. The Morgan fingerprint density at radius 3 is 2.60 bits per heavy atom. The number of hydrogen-bond donors (Lipinski definition) is 5. The monoisotopic (exact) mass is 616 g/mol. The number of rotatable bonds is 7. The van der Waals surface area contributed by atoms with Crippen molar-refractivity contribution in [2.24, 2.45) is 0 Å². The maximum atomic E-state index is 13.1. The Morgan fingerprint density at radius 2 is 1.93 bits per heavy atom. The van der Waals surface area contributed by atoms with E-state index >= 15 is 0 Å². The van der Waals surface area contributed by atoms with Crippen molar-refractivity contribution in [3.63, 3.8) is 0 Å². The first-order valence-electron chi connectivity index (χ1n) is 12.5. The minimum absolute atomic E-state index is 0.0124. The number of hydrogen-bond acceptors (Lipinski definition) is 7. The van der Waals surface area contributed by atoms with E-state index in [2.05, 4.69) is 31.5 Å². The number of aliphatic hydroxyl groups excluding tert-OH is 1. The molecule has 13 heteroatoms. The van der Waals surface area contributed by atoms with E-state index in [0.717, 1.165) is 10.0 Å². The third kappa shape index (κ3) is 6.42. The molecule has 2 heterocycles. The molecule has 0 spiro atoms. The van der Waals surface area contributed by atoms with Crippen molar-refractivity contribution in [3.05, 3.63) is 72.2 Å². The molecule has 0 radical (unpaired) electrons. The number of nitrogens with one attached hydrogen (secondary N) is 3. The molecule has 2 atom stereocenters. The van der Waals surface area contributed by atoms with Crippen molar-refractivity contribution in [3.8, 4) is 0 Å². The number of aliphatic hydroxyl groups is 1. The first-order valence-corrected chi connectivity index (χ1v) is 13.3. The average molecular weight is 617 g/mol. The van der Waals surface area contributed by atoms with E-state index in [9.17, 15) is 34.2 Å². The number of benzene rings is 2. The van der Waals surface area contributed by atoms with Crippen LogP contribution in [0.25, 0.3) is 11.0 Å². The summed E-state index contributed by atoms with van der Waals surface area (Å²) in [4.78, 5) is 64.4. The SMILES string of the molecule is CC(C)(C)OC(=O)NCc1ccc(NC(=O)C[C@@H]2CCc3cc(Br)cc4[nH]c(=O)c(=O)n2c34)c(C(O)C(=O)O)c1. The Hall–Kier alpha value is -3.97. The molecule has 0 aliphatic carbocycles. The van der Waals surface area contributed by atoms with Crippen LogP contribution in [0.3, 0.4) is 0 Å². The highest BCUT2D eigenvalue weighted by Gasteiger charge is 2.28. The summed E-state index contributed by atoms with van der Waals surface area (Å²) in [6.07, 6.45) is -1.79. The lowest BCUT2D eigenvalue weighted by Crippen LogP contribution is -2.41. The molecule has 5 N–H and O–H groups in total. The molecule has 0 bridgehead atoms. The molecule has 1 unspecified atom stereocenters. The number of aromatic amines is 1. The third-order valence-electron chi connectivity index (χ3n) is 6.34. The maximum Gasteiger partial charge on any atom is 0.407 e. The van der Waals surface area contributed by atoms with Gasteiger partial charge in [0.05, 0.1) is 11.0 Å². The fraction of sp³-hybridized carbons (Fsp3) is 0.370. The molecule has 3 aromatic rings. The van der Waals surface area contributed by atoms with E-state index in [4.69, 9.17) is 4.74 Å². The number of aromatic nitrogens is 2. The standard InChI is InChI=1S/C27H29BrN4O8/c1-27(2,3)40-26(39)29-12-13-4-7-18(17(8-13)22(34)25(37)38)30-20(33)11-16-6-5-14-9-15(28)10-19-21(14)32(16)24(36)23(35)31-19/h4,7-10,16,22,34H,5-6,11-12H2,1-3H3,(H,29,39)(H,30,33)(H,31,35)(H,37,38)/t16-,22?/m0/s1. The summed E-state index contributed by atoms with van der Waals surface area (Å²) >= 11 is 3.41. The third-order valence-corrected chi connectivity index (χ3v) is 6.80. The van der Waals surface area contributed by atoms with E-state index in [-0.39, 0.29) is 24.2 Å². The second-order valence-corrected chi connectivity index (χ2v) is 11.5. The number of carboxylic acids is 1. The second-order valence-electron chi connectivity index (χ2n) is 10.6. The molecular formula is C27H29BrN4O8. The predicted octanol–water partition coefficient (Wildman–Crippen LogP) is 3.11. The number of carbonyl (C=O) groups is 3. The average Bonchev–Trinajstić information content (AvgIpc) is 2.85. The Labute approximate surface area is 236 Å². The molecule has 0 fully saturated rings. The van der Waals surface area contributed by atoms with Crippen LogP contribution in [0.5, 0.6) is 0 Å². The van der Waals surface area contributed by atoms with E-state index in [1.54, 1.807) is 32.9 Å². The van der Waals surface area contributed by atoms with Crippen molar-refractivity contribution in [2.75, 3.05) is 5.32 Å². The van der Waals surface area contributed by atoms with Crippen LogP contribution in [0.2, 0.25) is 0 Å². The van der Waals surface area contributed by atoms with Crippen LogP contribution in [-0.4, -0.2) is 43.3 Å². The van der Waals surface area contributed by atoms with Gasteiger partial charge in [0, 0.05) is 34.7 Å². The van der Waals surface area contributed by atoms with E-state index < -0.39 is 46.8 Å². The van der Waals surface area contributed by atoms with Gasteiger partial charge in [0.2, 0.25) is 5.91 Å². The number of amides is 2. The number of nitrogens with zero attached hydrogens (tertiary/aromatic N) is 1. The molecule has 40 heavy (non-hydrogen) atoms. The number of H-pyrrole nitrogens is 1. The van der Waals surface area contributed by atoms with Crippen molar-refractivity contribution in [2.45, 2.75) is 64.3 Å². The van der Waals surface area contributed by atoms with Gasteiger partial charge in [0.1, 0.15) is 5.60 Å². The molecular weight excluding hydrogens is 588 g/mol. The number of carbonyl (C=O) groups excluding carboxylic acids is 2. The molecule has 212 valence electrons. The van der Waals surface area contributed by atoms with Crippen LogP contribution >= 0.6 is 15.9 Å². The van der Waals surface area contributed by atoms with Gasteiger partial charge in [-0.05, 0) is 69.0 Å². The molecule has 1 aliphatic rings. The fourth-order valence-electron chi connectivity index (χ4n) is 4.70. The van der Waals surface area contributed by atoms with Gasteiger partial charge in [0.25, 0.3) is 0 Å². The van der Waals surface area contributed by atoms with Gasteiger partial charge in [-0.25, -0.2) is 9.59 Å². The summed E-state index contributed by atoms with van der Waals surface area (Å²) < 4.78 is 7.29. The zero-order valence-corrected chi connectivity index (χ0v) is 23.6. The number of carboxylic acid groups (broad SMARTS) is 1. The minimum Gasteiger partial charge on any atom is -0.479 e. The number of ether oxygens (including phenoxy) is 1. The highest BCUT2D eigenvalue weighted by molar-refractivity contribution is 9.10. The summed E-state index contributed by atoms with van der Waals surface area (Å²) in [5.74, 6) is -2.07. The lowest BCUT2D eigenvalue weighted by Gasteiger charge is -2.27. The van der Waals surface area contributed by atoms with E-state index in [0.29, 0.717) is 29.4 Å². The largest absolute Gasteiger partial charge is 0.479 e. The second kappa shape index (κ2) is 11.3. The van der Waals surface area contributed by atoms with Gasteiger partial charge in [-0.3, -0.25) is 19.0 Å². The molecule has 4 rings (SSSR count). The van der Waals surface area contributed by atoms with Gasteiger partial charge in [0.15, 0.2) is 6.10 Å². The normalized spacial score (nSPS) is 15.4. The Balaban J connectivity index is 1.57. The van der Waals surface area contributed by atoms with Crippen molar-refractivity contribution < 1.29 is 29.3 Å². The number of halogens is 1. The minimum atomic E-state index is -1.95. The topological polar surface area (TPSA) is 180 Å². The van der Waals surface area contributed by atoms with Gasteiger partial charge in [-0.1, -0.05) is 22.0 Å². The molecule has 1 aromatic heterocycles. The Kier molecular flexibility index (Phi) is 8.17. The van der Waals surface area contributed by atoms with Gasteiger partial charge >= 0.3 is 23.2 Å². The molecule has 2 amide bonds. The lowest BCUT2D eigenvalue weighted by atomic mass is 9.96. The number of aryl methyl sites for hydroxylation is 1. The summed E-state index contributed by atoms with van der Waals surface area (Å²) in [5, 5.41) is 24.9. The van der Waals surface area contributed by atoms with Crippen LogP contribution in [-0.2, 0) is 27.3 Å². The predicted molar refractivity (Wildman–Crippen MR) is 149 cm³/mol. The molecule has 2 aromatic carbocycles. The van der Waals surface area contributed by atoms with E-state index in [1.165, 1.54) is 16.7 Å². The van der Waals surface area contributed by atoms with Crippen molar-refractivity contribution >= 4 is 50.6 Å². The van der Waals surface area contributed by atoms with Crippen molar-refractivity contribution in [1.82, 2.24) is 14.9 Å². The smallest absolute Gasteiger partial charge is 0.407 e. The van der Waals surface area contributed by atoms with Gasteiger partial charge < -0.3 is 30.6 Å². The van der Waals surface area contributed by atoms with Crippen LogP contribution in [0.4, 0.5) is 10.5 Å². The van der Waals surface area contributed by atoms with Crippen LogP contribution in [0, 0.1) is 0 Å². The van der Waals surface area contributed by atoms with Crippen LogP contribution in [0.1, 0.15) is 62.4 Å². The van der Waals surface area contributed by atoms with Crippen LogP contribution in [0.15, 0.2) is 44.4 Å². The highest BCUT2D eigenvalue weighted by atomic mass is 79.9. The Bertz CT molecular complexity index is 1620. The molecule has 0 saturated heterocycles. The van der Waals surface area contributed by atoms with E-state index in [1.807, 2.05) is 6.07 Å². The number of aliphatic carboxylic acids is 1. The first kappa shape index (κ1) is 29.0. The maximum absolute atomic E-state index is 13.1. The summed E-state index contributed by atoms with van der Waals surface area (Å²) in [6.45, 7) is 5.13. The number of anilines is 1. The van der Waals surface area contributed by atoms with Crippen molar-refractivity contribution in [1.29, 1.82) is 0 Å². The quantitative estimate of drug-likeness (QED) is 0.251. The van der Waals surface area contributed by atoms with Gasteiger partial charge in [-0.15, -0.1) is 0 Å². The fourth-order valence-corrected chi connectivity index (χ4v) is 5.21. The lowest BCUT2D eigenvalue weighted by molar-refractivity contribution is -0.147. The first-order chi connectivity index (χ1) is 18.7. The summed E-state index contributed by atoms with van der Waals surface area (Å²) in [6, 6.07) is 7.30. The number of alkyl carbamates (subject to hydrolysis) is 1.